The van der Waals surface area contributed by atoms with Gasteiger partial charge in [0.05, 0.1) is 4.90 Å². The molecule has 0 bridgehead atoms. The number of carbonyl (C=O) groups excluding carboxylic acids is 1. The average Bonchev–Trinajstić information content (AvgIpc) is 3.25. The van der Waals surface area contributed by atoms with Crippen molar-refractivity contribution < 1.29 is 17.7 Å². The number of rotatable bonds is 10. The molecule has 0 saturated heterocycles. The van der Waals surface area contributed by atoms with Crippen LogP contribution in [-0.4, -0.2) is 49.4 Å². The predicted molar refractivity (Wildman–Crippen MR) is 122 cm³/mol. The van der Waals surface area contributed by atoms with E-state index in [1.54, 1.807) is 0 Å². The van der Waals surface area contributed by atoms with Crippen LogP contribution in [0.2, 0.25) is 0 Å². The zero-order valence-electron chi connectivity index (χ0n) is 18.5. The molecule has 1 amide bonds. The van der Waals surface area contributed by atoms with Gasteiger partial charge in [-0.3, -0.25) is 4.79 Å². The second-order valence-corrected chi connectivity index (χ2v) is 9.91. The van der Waals surface area contributed by atoms with E-state index in [9.17, 15) is 13.2 Å². The van der Waals surface area contributed by atoms with Gasteiger partial charge < -0.3 is 9.84 Å². The van der Waals surface area contributed by atoms with Crippen LogP contribution in [0.25, 0.3) is 11.4 Å². The van der Waals surface area contributed by atoms with Crippen LogP contribution in [0, 0.1) is 6.92 Å². The molecule has 0 radical (unpaired) electrons. The highest BCUT2D eigenvalue weighted by Crippen LogP contribution is 2.17. The minimum atomic E-state index is -3.50. The van der Waals surface area contributed by atoms with E-state index < -0.39 is 10.0 Å². The van der Waals surface area contributed by atoms with E-state index in [-0.39, 0.29) is 10.8 Å². The van der Waals surface area contributed by atoms with Crippen molar-refractivity contribution in [2.24, 2.45) is 0 Å². The lowest BCUT2D eigenvalue weighted by Crippen LogP contribution is -2.25. The standard InChI is InChI=1S/C23H28N4O4S/c1-17-8-10-18(11-9-17)22-25-21(31-26-22)7-5-4-6-16-24-23(28)19-12-14-20(15-13-19)32(29,30)27(2)3/h8-15H,4-7,16H2,1-3H3,(H,24,28). The molecular formula is C23H28N4O4S. The molecule has 1 aromatic heterocycles. The molecule has 0 fully saturated rings. The van der Waals surface area contributed by atoms with Crippen molar-refractivity contribution in [3.8, 4) is 11.4 Å². The highest BCUT2D eigenvalue weighted by Gasteiger charge is 2.17. The average molecular weight is 457 g/mol. The second kappa shape index (κ2) is 10.5. The Morgan fingerprint density at radius 2 is 1.69 bits per heavy atom. The van der Waals surface area contributed by atoms with Gasteiger partial charge in [0.1, 0.15) is 0 Å². The van der Waals surface area contributed by atoms with Crippen molar-refractivity contribution in [3.63, 3.8) is 0 Å². The first-order valence-corrected chi connectivity index (χ1v) is 11.9. The molecule has 0 saturated carbocycles. The molecule has 1 heterocycles. The van der Waals surface area contributed by atoms with Crippen molar-refractivity contribution in [1.29, 1.82) is 0 Å². The summed E-state index contributed by atoms with van der Waals surface area (Å²) < 4.78 is 30.6. The topological polar surface area (TPSA) is 105 Å². The summed E-state index contributed by atoms with van der Waals surface area (Å²) in [6.45, 7) is 2.57. The van der Waals surface area contributed by atoms with Crippen LogP contribution in [0.15, 0.2) is 57.9 Å². The van der Waals surface area contributed by atoms with Gasteiger partial charge in [0.15, 0.2) is 0 Å². The molecule has 2 aromatic carbocycles. The number of nitrogens with one attached hydrogen (secondary N) is 1. The molecule has 0 aliphatic carbocycles. The van der Waals surface area contributed by atoms with E-state index in [0.29, 0.717) is 30.2 Å². The first-order valence-electron chi connectivity index (χ1n) is 10.5. The van der Waals surface area contributed by atoms with Gasteiger partial charge in [0.25, 0.3) is 5.91 Å². The maximum Gasteiger partial charge on any atom is 0.251 e. The molecule has 0 spiro atoms. The Morgan fingerprint density at radius 3 is 2.34 bits per heavy atom. The van der Waals surface area contributed by atoms with Crippen molar-refractivity contribution in [2.75, 3.05) is 20.6 Å². The van der Waals surface area contributed by atoms with Gasteiger partial charge in [-0.05, 0) is 44.0 Å². The molecule has 3 aromatic rings. The monoisotopic (exact) mass is 456 g/mol. The number of amides is 1. The highest BCUT2D eigenvalue weighted by atomic mass is 32.2. The van der Waals surface area contributed by atoms with Crippen LogP contribution in [0.4, 0.5) is 0 Å². The van der Waals surface area contributed by atoms with E-state index in [1.807, 2.05) is 31.2 Å². The number of aryl methyl sites for hydroxylation is 2. The van der Waals surface area contributed by atoms with Gasteiger partial charge >= 0.3 is 0 Å². The summed E-state index contributed by atoms with van der Waals surface area (Å²) in [4.78, 5) is 16.8. The Bertz CT molecular complexity index is 1140. The van der Waals surface area contributed by atoms with Crippen LogP contribution in [0.5, 0.6) is 0 Å². The lowest BCUT2D eigenvalue weighted by molar-refractivity contribution is 0.0953. The number of benzene rings is 2. The molecule has 9 heteroatoms. The Balaban J connectivity index is 1.38. The number of sulfonamides is 1. The number of hydrogen-bond acceptors (Lipinski definition) is 6. The predicted octanol–water partition coefficient (Wildman–Crippen LogP) is 3.44. The van der Waals surface area contributed by atoms with Crippen LogP contribution in [0.3, 0.4) is 0 Å². The Labute approximate surface area is 188 Å². The van der Waals surface area contributed by atoms with Gasteiger partial charge in [-0.1, -0.05) is 41.4 Å². The Kier molecular flexibility index (Phi) is 7.76. The van der Waals surface area contributed by atoms with Crippen molar-refractivity contribution in [1.82, 2.24) is 19.8 Å². The number of carbonyl (C=O) groups is 1. The molecule has 0 unspecified atom stereocenters. The van der Waals surface area contributed by atoms with Crippen LogP contribution in [-0.2, 0) is 16.4 Å². The van der Waals surface area contributed by atoms with E-state index in [2.05, 4.69) is 15.5 Å². The Hall–Kier alpha value is -3.04. The molecular weight excluding hydrogens is 428 g/mol. The summed E-state index contributed by atoms with van der Waals surface area (Å²) in [6.07, 6.45) is 3.29. The largest absolute Gasteiger partial charge is 0.352 e. The van der Waals surface area contributed by atoms with Gasteiger partial charge in [-0.15, -0.1) is 0 Å². The Morgan fingerprint density at radius 1 is 1.00 bits per heavy atom. The zero-order valence-corrected chi connectivity index (χ0v) is 19.4. The molecule has 0 aliphatic rings. The summed E-state index contributed by atoms with van der Waals surface area (Å²) in [5, 5.41) is 6.89. The van der Waals surface area contributed by atoms with Gasteiger partial charge in [0, 0.05) is 38.2 Å². The second-order valence-electron chi connectivity index (χ2n) is 7.76. The fourth-order valence-corrected chi connectivity index (χ4v) is 3.95. The van der Waals surface area contributed by atoms with E-state index >= 15 is 0 Å². The number of nitrogens with zero attached hydrogens (tertiary/aromatic N) is 3. The highest BCUT2D eigenvalue weighted by molar-refractivity contribution is 7.89. The van der Waals surface area contributed by atoms with Crippen molar-refractivity contribution in [2.45, 2.75) is 37.5 Å². The van der Waals surface area contributed by atoms with Crippen molar-refractivity contribution >= 4 is 15.9 Å². The van der Waals surface area contributed by atoms with Gasteiger partial charge in [0.2, 0.25) is 21.7 Å². The number of unbranched alkanes of at least 4 members (excludes halogenated alkanes) is 2. The quantitative estimate of drug-likeness (QED) is 0.469. The summed E-state index contributed by atoms with van der Waals surface area (Å²) in [5.74, 6) is 0.979. The molecule has 32 heavy (non-hydrogen) atoms. The molecule has 170 valence electrons. The van der Waals surface area contributed by atoms with Gasteiger partial charge in [-0.2, -0.15) is 4.98 Å². The SMILES string of the molecule is Cc1ccc(-c2noc(CCCCCNC(=O)c3ccc(S(=O)(=O)N(C)C)cc3)n2)cc1. The number of hydrogen-bond donors (Lipinski definition) is 1. The minimum Gasteiger partial charge on any atom is -0.352 e. The smallest absolute Gasteiger partial charge is 0.251 e. The summed E-state index contributed by atoms with van der Waals surface area (Å²) >= 11 is 0. The van der Waals surface area contributed by atoms with Gasteiger partial charge in [-0.25, -0.2) is 12.7 Å². The zero-order chi connectivity index (χ0) is 23.1. The molecule has 0 aliphatic heterocycles. The van der Waals surface area contributed by atoms with Crippen LogP contribution >= 0.6 is 0 Å². The fourth-order valence-electron chi connectivity index (χ4n) is 3.05. The first kappa shape index (κ1) is 23.6. The summed E-state index contributed by atoms with van der Waals surface area (Å²) in [6, 6.07) is 13.9. The lowest BCUT2D eigenvalue weighted by atomic mass is 10.1. The van der Waals surface area contributed by atoms with Crippen LogP contribution in [0.1, 0.15) is 41.1 Å². The fraction of sp³-hybridized carbons (Fsp3) is 0.348. The normalized spacial score (nSPS) is 11.6. The molecule has 1 N–H and O–H groups in total. The maximum absolute atomic E-state index is 12.2. The molecule has 8 nitrogen and oxygen atoms in total. The van der Waals surface area contributed by atoms with Crippen LogP contribution < -0.4 is 5.32 Å². The summed E-state index contributed by atoms with van der Waals surface area (Å²) in [5.41, 5.74) is 2.54. The third-order valence-electron chi connectivity index (χ3n) is 5.03. The lowest BCUT2D eigenvalue weighted by Gasteiger charge is -2.11. The first-order chi connectivity index (χ1) is 15.3. The van der Waals surface area contributed by atoms with E-state index in [0.717, 1.165) is 29.1 Å². The van der Waals surface area contributed by atoms with E-state index in [4.69, 9.17) is 4.52 Å². The third kappa shape index (κ3) is 6.02. The summed E-state index contributed by atoms with van der Waals surface area (Å²) in [7, 11) is -0.562. The van der Waals surface area contributed by atoms with E-state index in [1.165, 1.54) is 43.9 Å². The maximum atomic E-state index is 12.2. The van der Waals surface area contributed by atoms with Crippen molar-refractivity contribution in [3.05, 3.63) is 65.5 Å². The molecule has 0 atom stereocenters. The third-order valence-corrected chi connectivity index (χ3v) is 6.86. The minimum absolute atomic E-state index is 0.158. The molecule has 3 rings (SSSR count). The number of aromatic nitrogens is 2.